The number of nitrogens with zero attached hydrogens (tertiary/aromatic N) is 1. The molecule has 1 aliphatic heterocycles. The molecule has 0 spiro atoms. The number of fused-ring (bicyclic) bond motifs is 1. The van der Waals surface area contributed by atoms with Crippen LogP contribution in [0, 0.1) is 11.8 Å². The average Bonchev–Trinajstić information content (AvgIpc) is 2.68. The average molecular weight is 258 g/mol. The van der Waals surface area contributed by atoms with E-state index in [1.165, 1.54) is 38.8 Å². The van der Waals surface area contributed by atoms with Crippen LogP contribution in [0.1, 0.15) is 25.7 Å². The van der Waals surface area contributed by atoms with Crippen LogP contribution in [0.2, 0.25) is 0 Å². The van der Waals surface area contributed by atoms with E-state index in [1.807, 2.05) is 0 Å². The standard InChI is InChI=1S/C17H26N2/c1-2-7-16(9-12-19-13-10-18-11-14-19)17-8-4-3-6-15(17)5-1/h3-4,6,8-9,15,17-18H,1-2,5,7,10-14H2. The van der Waals surface area contributed by atoms with Gasteiger partial charge >= 0.3 is 0 Å². The Kier molecular flexibility index (Phi) is 4.52. The molecular formula is C17H26N2. The summed E-state index contributed by atoms with van der Waals surface area (Å²) < 4.78 is 0. The van der Waals surface area contributed by atoms with Crippen LogP contribution in [0.15, 0.2) is 36.0 Å². The van der Waals surface area contributed by atoms with Crippen molar-refractivity contribution in [1.29, 1.82) is 0 Å². The molecule has 0 radical (unpaired) electrons. The summed E-state index contributed by atoms with van der Waals surface area (Å²) in [7, 11) is 0. The molecular weight excluding hydrogens is 232 g/mol. The van der Waals surface area contributed by atoms with Crippen LogP contribution in [-0.2, 0) is 0 Å². The molecule has 2 heteroatoms. The Bertz CT molecular complexity index is 375. The molecule has 2 atom stereocenters. The van der Waals surface area contributed by atoms with Crippen LogP contribution >= 0.6 is 0 Å². The predicted molar refractivity (Wildman–Crippen MR) is 81.1 cm³/mol. The maximum absolute atomic E-state index is 3.43. The zero-order chi connectivity index (χ0) is 12.9. The highest BCUT2D eigenvalue weighted by Gasteiger charge is 2.24. The molecule has 3 rings (SSSR count). The van der Waals surface area contributed by atoms with Gasteiger partial charge in [-0.25, -0.2) is 0 Å². The highest BCUT2D eigenvalue weighted by molar-refractivity contribution is 5.25. The molecule has 1 saturated carbocycles. The van der Waals surface area contributed by atoms with Gasteiger partial charge in [-0.1, -0.05) is 42.4 Å². The van der Waals surface area contributed by atoms with Crippen molar-refractivity contribution >= 4 is 0 Å². The molecule has 0 aromatic carbocycles. The van der Waals surface area contributed by atoms with Gasteiger partial charge in [0.1, 0.15) is 0 Å². The first-order chi connectivity index (χ1) is 9.43. The smallest absolute Gasteiger partial charge is 0.0167 e. The van der Waals surface area contributed by atoms with Gasteiger partial charge in [-0.05, 0) is 25.2 Å². The minimum Gasteiger partial charge on any atom is -0.314 e. The van der Waals surface area contributed by atoms with Gasteiger partial charge < -0.3 is 5.32 Å². The summed E-state index contributed by atoms with van der Waals surface area (Å²) in [5, 5.41) is 3.43. The van der Waals surface area contributed by atoms with Gasteiger partial charge in [-0.2, -0.15) is 0 Å². The zero-order valence-corrected chi connectivity index (χ0v) is 11.9. The van der Waals surface area contributed by atoms with Gasteiger partial charge in [0, 0.05) is 38.6 Å². The zero-order valence-electron chi connectivity index (χ0n) is 11.9. The Morgan fingerprint density at radius 2 is 2.00 bits per heavy atom. The molecule has 1 saturated heterocycles. The van der Waals surface area contributed by atoms with Crippen LogP contribution in [-0.4, -0.2) is 37.6 Å². The van der Waals surface area contributed by atoms with Gasteiger partial charge in [0.15, 0.2) is 0 Å². The Morgan fingerprint density at radius 3 is 2.89 bits per heavy atom. The minimum atomic E-state index is 0.690. The highest BCUT2D eigenvalue weighted by atomic mass is 15.2. The fraction of sp³-hybridized carbons (Fsp3) is 0.647. The molecule has 2 fully saturated rings. The summed E-state index contributed by atoms with van der Waals surface area (Å²) in [5.41, 5.74) is 1.70. The van der Waals surface area contributed by atoms with Crippen LogP contribution in [0.25, 0.3) is 0 Å². The summed E-state index contributed by atoms with van der Waals surface area (Å²) in [4.78, 5) is 2.58. The van der Waals surface area contributed by atoms with Gasteiger partial charge in [-0.3, -0.25) is 4.90 Å². The second kappa shape index (κ2) is 6.53. The van der Waals surface area contributed by atoms with E-state index in [-0.39, 0.29) is 0 Å². The van der Waals surface area contributed by atoms with Gasteiger partial charge in [-0.15, -0.1) is 0 Å². The van der Waals surface area contributed by atoms with E-state index < -0.39 is 0 Å². The fourth-order valence-electron chi connectivity index (χ4n) is 3.58. The summed E-state index contributed by atoms with van der Waals surface area (Å²) in [6, 6.07) is 0. The summed E-state index contributed by atoms with van der Waals surface area (Å²) in [6.45, 7) is 5.86. The molecule has 104 valence electrons. The SMILES string of the molecule is C1=CC2CCCCC(=CCN3CCNCC3)C2C=C1. The number of piperazine rings is 1. The highest BCUT2D eigenvalue weighted by Crippen LogP contribution is 2.36. The third kappa shape index (κ3) is 3.37. The lowest BCUT2D eigenvalue weighted by molar-refractivity contribution is 0.263. The summed E-state index contributed by atoms with van der Waals surface area (Å²) >= 11 is 0. The van der Waals surface area contributed by atoms with E-state index in [0.29, 0.717) is 5.92 Å². The largest absolute Gasteiger partial charge is 0.314 e. The molecule has 0 bridgehead atoms. The molecule has 2 unspecified atom stereocenters. The summed E-state index contributed by atoms with van der Waals surface area (Å²) in [6.07, 6.45) is 17.3. The number of rotatable bonds is 2. The van der Waals surface area contributed by atoms with E-state index in [1.54, 1.807) is 5.57 Å². The van der Waals surface area contributed by atoms with Crippen LogP contribution in [0.4, 0.5) is 0 Å². The van der Waals surface area contributed by atoms with E-state index >= 15 is 0 Å². The van der Waals surface area contributed by atoms with Gasteiger partial charge in [0.25, 0.3) is 0 Å². The van der Waals surface area contributed by atoms with E-state index in [0.717, 1.165) is 25.6 Å². The molecule has 19 heavy (non-hydrogen) atoms. The van der Waals surface area contributed by atoms with Gasteiger partial charge in [0.2, 0.25) is 0 Å². The maximum atomic E-state index is 3.43. The van der Waals surface area contributed by atoms with Crippen molar-refractivity contribution in [3.63, 3.8) is 0 Å². The number of hydrogen-bond acceptors (Lipinski definition) is 2. The van der Waals surface area contributed by atoms with E-state index in [2.05, 4.69) is 40.6 Å². The quantitative estimate of drug-likeness (QED) is 0.766. The first-order valence-electron chi connectivity index (χ1n) is 7.90. The second-order valence-electron chi connectivity index (χ2n) is 6.03. The Hall–Kier alpha value is -0.860. The van der Waals surface area contributed by atoms with Crippen LogP contribution in [0.5, 0.6) is 0 Å². The molecule has 0 aromatic rings. The van der Waals surface area contributed by atoms with E-state index in [4.69, 9.17) is 0 Å². The fourth-order valence-corrected chi connectivity index (χ4v) is 3.58. The molecule has 2 nitrogen and oxygen atoms in total. The number of allylic oxidation sites excluding steroid dienone is 5. The van der Waals surface area contributed by atoms with Crippen LogP contribution < -0.4 is 5.32 Å². The van der Waals surface area contributed by atoms with Gasteiger partial charge in [0.05, 0.1) is 0 Å². The topological polar surface area (TPSA) is 15.3 Å². The van der Waals surface area contributed by atoms with Crippen molar-refractivity contribution in [2.24, 2.45) is 11.8 Å². The first-order valence-corrected chi connectivity index (χ1v) is 7.90. The molecule has 2 aliphatic carbocycles. The van der Waals surface area contributed by atoms with Crippen molar-refractivity contribution in [2.45, 2.75) is 25.7 Å². The molecule has 0 amide bonds. The van der Waals surface area contributed by atoms with E-state index in [9.17, 15) is 0 Å². The predicted octanol–water partition coefficient (Wildman–Crippen LogP) is 2.75. The third-order valence-electron chi connectivity index (χ3n) is 4.75. The molecule has 0 aromatic heterocycles. The first kappa shape index (κ1) is 13.1. The number of hydrogen-bond donors (Lipinski definition) is 1. The monoisotopic (exact) mass is 258 g/mol. The lowest BCUT2D eigenvalue weighted by Gasteiger charge is -2.28. The Labute approximate surface area is 117 Å². The van der Waals surface area contributed by atoms with Crippen molar-refractivity contribution in [3.8, 4) is 0 Å². The normalized spacial score (nSPS) is 34.2. The minimum absolute atomic E-state index is 0.690. The lowest BCUT2D eigenvalue weighted by atomic mass is 9.81. The molecule has 1 heterocycles. The number of nitrogens with one attached hydrogen (secondary N) is 1. The molecule has 3 aliphatic rings. The third-order valence-corrected chi connectivity index (χ3v) is 4.75. The van der Waals surface area contributed by atoms with Crippen molar-refractivity contribution in [3.05, 3.63) is 36.0 Å². The maximum Gasteiger partial charge on any atom is 0.0167 e. The Morgan fingerprint density at radius 1 is 1.16 bits per heavy atom. The van der Waals surface area contributed by atoms with Crippen molar-refractivity contribution in [1.82, 2.24) is 10.2 Å². The van der Waals surface area contributed by atoms with Crippen molar-refractivity contribution in [2.75, 3.05) is 32.7 Å². The molecule has 1 N–H and O–H groups in total. The van der Waals surface area contributed by atoms with Crippen LogP contribution in [0.3, 0.4) is 0 Å². The lowest BCUT2D eigenvalue weighted by Crippen LogP contribution is -2.43. The second-order valence-corrected chi connectivity index (χ2v) is 6.03. The summed E-state index contributed by atoms with van der Waals surface area (Å²) in [5.74, 6) is 1.46. The Balaban J connectivity index is 1.66. The van der Waals surface area contributed by atoms with Crippen molar-refractivity contribution < 1.29 is 0 Å².